The van der Waals surface area contributed by atoms with Gasteiger partial charge < -0.3 is 9.64 Å². The highest BCUT2D eigenvalue weighted by Crippen LogP contribution is 2.28. The lowest BCUT2D eigenvalue weighted by Crippen LogP contribution is -2.46. The number of rotatable bonds is 5. The molecule has 0 saturated heterocycles. The minimum Gasteiger partial charge on any atom is -0.490 e. The van der Waals surface area contributed by atoms with E-state index in [1.54, 1.807) is 7.05 Å². The number of hydrogen-bond donors (Lipinski definition) is 0. The van der Waals surface area contributed by atoms with Crippen LogP contribution in [-0.2, 0) is 0 Å². The average molecular weight is 301 g/mol. The van der Waals surface area contributed by atoms with E-state index in [1.807, 2.05) is 13.8 Å². The van der Waals surface area contributed by atoms with Gasteiger partial charge in [-0.1, -0.05) is 0 Å². The zero-order valence-electron chi connectivity index (χ0n) is 11.8. The van der Waals surface area contributed by atoms with Crippen LogP contribution in [0.1, 0.15) is 24.2 Å². The Balaban J connectivity index is 3.18. The quantitative estimate of drug-likeness (QED) is 0.476. The minimum absolute atomic E-state index is 0.116. The molecule has 0 aliphatic heterocycles. The molecule has 1 rings (SSSR count). The van der Waals surface area contributed by atoms with Gasteiger partial charge in [0, 0.05) is 24.6 Å². The van der Waals surface area contributed by atoms with Gasteiger partial charge in [-0.3, -0.25) is 14.9 Å². The van der Waals surface area contributed by atoms with Crippen molar-refractivity contribution in [2.45, 2.75) is 19.4 Å². The molecule has 0 aliphatic rings. The summed E-state index contributed by atoms with van der Waals surface area (Å²) in [4.78, 5) is 24.2. The molecule has 1 aromatic rings. The van der Waals surface area contributed by atoms with E-state index in [1.165, 1.54) is 30.2 Å². The van der Waals surface area contributed by atoms with Gasteiger partial charge in [0.1, 0.15) is 0 Å². The van der Waals surface area contributed by atoms with Crippen molar-refractivity contribution in [2.24, 2.45) is 0 Å². The zero-order chi connectivity index (χ0) is 15.5. The molecule has 20 heavy (non-hydrogen) atoms. The van der Waals surface area contributed by atoms with Crippen LogP contribution in [0.3, 0.4) is 0 Å². The van der Waals surface area contributed by atoms with Crippen molar-refractivity contribution in [2.75, 3.05) is 20.0 Å². The maximum absolute atomic E-state index is 12.3. The van der Waals surface area contributed by atoms with Crippen molar-refractivity contribution in [1.82, 2.24) is 4.90 Å². The maximum atomic E-state index is 12.3. The second-order valence-electron chi connectivity index (χ2n) is 4.95. The number of alkyl halides is 1. The third-order valence-electron chi connectivity index (χ3n) is 3.16. The maximum Gasteiger partial charge on any atom is 0.311 e. The third kappa shape index (κ3) is 3.19. The topological polar surface area (TPSA) is 72.7 Å². The molecule has 0 N–H and O–H groups in total. The SMILES string of the molecule is COc1ccc(C(=O)N(C)C(C)(C)CCl)cc1[N+](=O)[O-]. The van der Waals surface area contributed by atoms with E-state index in [2.05, 4.69) is 0 Å². The van der Waals surface area contributed by atoms with Crippen molar-refractivity contribution in [3.63, 3.8) is 0 Å². The summed E-state index contributed by atoms with van der Waals surface area (Å²) < 4.78 is 4.90. The molecule has 0 bridgehead atoms. The van der Waals surface area contributed by atoms with Gasteiger partial charge in [-0.25, -0.2) is 0 Å². The lowest BCUT2D eigenvalue weighted by atomic mass is 10.0. The van der Waals surface area contributed by atoms with Crippen LogP contribution in [0, 0.1) is 10.1 Å². The van der Waals surface area contributed by atoms with E-state index in [0.29, 0.717) is 0 Å². The number of carbonyl (C=O) groups excluding carboxylic acids is 1. The Hall–Kier alpha value is -1.82. The molecule has 0 aromatic heterocycles. The van der Waals surface area contributed by atoms with Crippen LogP contribution < -0.4 is 4.74 Å². The summed E-state index contributed by atoms with van der Waals surface area (Å²) in [7, 11) is 2.95. The van der Waals surface area contributed by atoms with Crippen LogP contribution in [0.5, 0.6) is 5.75 Å². The zero-order valence-corrected chi connectivity index (χ0v) is 12.6. The summed E-state index contributed by atoms with van der Waals surface area (Å²) in [6, 6.07) is 4.11. The molecular weight excluding hydrogens is 284 g/mol. The number of nitro benzene ring substituents is 1. The molecule has 0 aliphatic carbocycles. The predicted molar refractivity (Wildman–Crippen MR) is 76.5 cm³/mol. The monoisotopic (exact) mass is 300 g/mol. The Morgan fingerprint density at radius 2 is 2.10 bits per heavy atom. The van der Waals surface area contributed by atoms with Crippen LogP contribution in [0.25, 0.3) is 0 Å². The molecule has 6 nitrogen and oxygen atoms in total. The molecule has 0 saturated carbocycles. The summed E-state index contributed by atoms with van der Waals surface area (Å²) >= 11 is 5.83. The Kier molecular flexibility index (Phi) is 4.94. The molecule has 1 amide bonds. The number of benzene rings is 1. The van der Waals surface area contributed by atoms with E-state index < -0.39 is 10.5 Å². The number of hydrogen-bond acceptors (Lipinski definition) is 4. The molecule has 0 spiro atoms. The van der Waals surface area contributed by atoms with Gasteiger partial charge in [0.15, 0.2) is 5.75 Å². The summed E-state index contributed by atoms with van der Waals surface area (Å²) in [6.45, 7) is 3.63. The first-order valence-corrected chi connectivity index (χ1v) is 6.44. The van der Waals surface area contributed by atoms with E-state index in [0.717, 1.165) is 0 Å². The second kappa shape index (κ2) is 6.09. The van der Waals surface area contributed by atoms with Crippen LogP contribution >= 0.6 is 11.6 Å². The highest BCUT2D eigenvalue weighted by atomic mass is 35.5. The van der Waals surface area contributed by atoms with E-state index in [4.69, 9.17) is 16.3 Å². The molecule has 110 valence electrons. The first-order valence-electron chi connectivity index (χ1n) is 5.91. The largest absolute Gasteiger partial charge is 0.490 e. The van der Waals surface area contributed by atoms with Gasteiger partial charge in [0.05, 0.1) is 17.6 Å². The van der Waals surface area contributed by atoms with E-state index in [-0.39, 0.29) is 28.8 Å². The van der Waals surface area contributed by atoms with Gasteiger partial charge in [-0.15, -0.1) is 11.6 Å². The summed E-state index contributed by atoms with van der Waals surface area (Å²) in [6.07, 6.45) is 0. The van der Waals surface area contributed by atoms with E-state index >= 15 is 0 Å². The van der Waals surface area contributed by atoms with Crippen LogP contribution in [0.4, 0.5) is 5.69 Å². The molecule has 7 heteroatoms. The molecule has 1 aromatic carbocycles. The third-order valence-corrected chi connectivity index (χ3v) is 3.82. The van der Waals surface area contributed by atoms with E-state index in [9.17, 15) is 14.9 Å². The lowest BCUT2D eigenvalue weighted by molar-refractivity contribution is -0.385. The number of nitrogens with zero attached hydrogens (tertiary/aromatic N) is 2. The molecule has 0 atom stereocenters. The number of nitro groups is 1. The van der Waals surface area contributed by atoms with Gasteiger partial charge in [-0.05, 0) is 26.0 Å². The van der Waals surface area contributed by atoms with Crippen LogP contribution in [0.2, 0.25) is 0 Å². The predicted octanol–water partition coefficient (Wildman–Crippen LogP) is 2.69. The second-order valence-corrected chi connectivity index (χ2v) is 5.22. The fourth-order valence-electron chi connectivity index (χ4n) is 1.52. The smallest absolute Gasteiger partial charge is 0.311 e. The van der Waals surface area contributed by atoms with Crippen molar-refractivity contribution in [3.05, 3.63) is 33.9 Å². The number of ether oxygens (including phenoxy) is 1. The van der Waals surface area contributed by atoms with Gasteiger partial charge in [0.2, 0.25) is 0 Å². The number of amides is 1. The standard InChI is InChI=1S/C13H17ClN2O4/c1-13(2,8-14)15(3)12(17)9-5-6-11(20-4)10(7-9)16(18)19/h5-7H,8H2,1-4H3. The number of carbonyl (C=O) groups is 1. The molecule has 0 radical (unpaired) electrons. The fraction of sp³-hybridized carbons (Fsp3) is 0.462. The minimum atomic E-state index is -0.581. The lowest BCUT2D eigenvalue weighted by Gasteiger charge is -2.33. The van der Waals surface area contributed by atoms with Crippen molar-refractivity contribution in [3.8, 4) is 5.75 Å². The van der Waals surface area contributed by atoms with Gasteiger partial charge in [0.25, 0.3) is 5.91 Å². The van der Waals surface area contributed by atoms with Crippen molar-refractivity contribution in [1.29, 1.82) is 0 Å². The Morgan fingerprint density at radius 1 is 1.50 bits per heavy atom. The summed E-state index contributed by atoms with van der Waals surface area (Å²) in [5.41, 5.74) is -0.568. The fourth-order valence-corrected chi connectivity index (χ4v) is 1.70. The first-order chi connectivity index (χ1) is 9.24. The Labute approximate surface area is 122 Å². The number of halogens is 1. The normalized spacial score (nSPS) is 11.1. The van der Waals surface area contributed by atoms with Gasteiger partial charge >= 0.3 is 5.69 Å². The summed E-state index contributed by atoms with van der Waals surface area (Å²) in [5.74, 6) is 0.0419. The Bertz CT molecular complexity index is 531. The number of methoxy groups -OCH3 is 1. The van der Waals surface area contributed by atoms with Crippen molar-refractivity contribution >= 4 is 23.2 Å². The average Bonchev–Trinajstić information content (AvgIpc) is 2.44. The molecule has 0 unspecified atom stereocenters. The van der Waals surface area contributed by atoms with Crippen LogP contribution in [0.15, 0.2) is 18.2 Å². The molecular formula is C13H17ClN2O4. The highest BCUT2D eigenvalue weighted by Gasteiger charge is 2.28. The first kappa shape index (κ1) is 16.2. The Morgan fingerprint density at radius 3 is 2.55 bits per heavy atom. The molecule has 0 fully saturated rings. The summed E-state index contributed by atoms with van der Waals surface area (Å²) in [5, 5.41) is 11.0. The van der Waals surface area contributed by atoms with Gasteiger partial charge in [-0.2, -0.15) is 0 Å². The molecule has 0 heterocycles. The van der Waals surface area contributed by atoms with Crippen LogP contribution in [-0.4, -0.2) is 41.3 Å². The highest BCUT2D eigenvalue weighted by molar-refractivity contribution is 6.18. The van der Waals surface area contributed by atoms with Crippen molar-refractivity contribution < 1.29 is 14.5 Å².